The van der Waals surface area contributed by atoms with Crippen LogP contribution in [0.2, 0.25) is 0 Å². The van der Waals surface area contributed by atoms with Crippen molar-refractivity contribution in [1.82, 2.24) is 10.5 Å². The molecule has 0 aromatic rings. The average Bonchev–Trinajstić information content (AvgIpc) is 2.28. The van der Waals surface area contributed by atoms with E-state index in [1.54, 1.807) is 0 Å². The fourth-order valence-corrected chi connectivity index (χ4v) is 1.88. The minimum Gasteiger partial charge on any atom is -0.381 e. The number of nitrogens with two attached hydrogens (primary N) is 1. The first kappa shape index (κ1) is 13.4. The molecule has 0 bridgehead atoms. The summed E-state index contributed by atoms with van der Waals surface area (Å²) in [6, 6.07) is 0. The Balaban J connectivity index is 2.09. The van der Waals surface area contributed by atoms with Crippen molar-refractivity contribution in [3.8, 4) is 0 Å². The van der Waals surface area contributed by atoms with E-state index >= 15 is 0 Å². The predicted molar refractivity (Wildman–Crippen MR) is 59.1 cm³/mol. The number of hydrogen-bond donors (Lipinski definition) is 2. The normalized spacial score (nSPS) is 21.1. The second-order valence-corrected chi connectivity index (χ2v) is 4.19. The molecule has 0 radical (unpaired) electrons. The predicted octanol–water partition coefficient (Wildman–Crippen LogP) is -0.344. The first-order valence-electron chi connectivity index (χ1n) is 5.64. The molecule has 0 saturated carbocycles. The van der Waals surface area contributed by atoms with Gasteiger partial charge in [-0.15, -0.1) is 0 Å². The lowest BCUT2D eigenvalue weighted by molar-refractivity contribution is -0.151. The second-order valence-electron chi connectivity index (χ2n) is 4.19. The number of hydrogen-bond acceptors (Lipinski definition) is 6. The molecular formula is C10H21N3O3. The smallest absolute Gasteiger partial charge is 0.327 e. The van der Waals surface area contributed by atoms with E-state index in [-0.39, 0.29) is 5.97 Å². The Morgan fingerprint density at radius 3 is 3.12 bits per heavy atom. The van der Waals surface area contributed by atoms with E-state index in [1.165, 1.54) is 6.42 Å². The number of ether oxygens (including phenoxy) is 1. The molecule has 1 unspecified atom stereocenters. The molecule has 6 heteroatoms. The minimum atomic E-state index is -0.339. The van der Waals surface area contributed by atoms with Crippen molar-refractivity contribution in [3.05, 3.63) is 0 Å². The summed E-state index contributed by atoms with van der Waals surface area (Å²) in [7, 11) is 2.00. The highest BCUT2D eigenvalue weighted by Crippen LogP contribution is 2.14. The van der Waals surface area contributed by atoms with Crippen molar-refractivity contribution in [2.24, 2.45) is 11.8 Å². The summed E-state index contributed by atoms with van der Waals surface area (Å²) in [5.74, 6) is 5.11. The number of carbonyl (C=O) groups is 1. The number of nitrogens with one attached hydrogen (secondary N) is 1. The SMILES string of the molecule is CN(CCC(=O)ONN)CC1CCCOC1. The quantitative estimate of drug-likeness (QED) is 0.481. The van der Waals surface area contributed by atoms with Crippen molar-refractivity contribution in [1.29, 1.82) is 0 Å². The fraction of sp³-hybridized carbons (Fsp3) is 0.900. The first-order chi connectivity index (χ1) is 7.72. The third-order valence-electron chi connectivity index (χ3n) is 2.69. The van der Waals surface area contributed by atoms with Gasteiger partial charge in [-0.25, -0.2) is 5.84 Å². The summed E-state index contributed by atoms with van der Waals surface area (Å²) < 4.78 is 5.40. The second kappa shape index (κ2) is 7.56. The molecule has 94 valence electrons. The molecule has 16 heavy (non-hydrogen) atoms. The third-order valence-corrected chi connectivity index (χ3v) is 2.69. The maximum atomic E-state index is 11.0. The Morgan fingerprint density at radius 1 is 1.69 bits per heavy atom. The van der Waals surface area contributed by atoms with Crippen LogP contribution in [0.5, 0.6) is 0 Å². The Labute approximate surface area is 96.0 Å². The van der Waals surface area contributed by atoms with Crippen LogP contribution in [0.1, 0.15) is 19.3 Å². The lowest BCUT2D eigenvalue weighted by atomic mass is 10.0. The number of hydrazine groups is 1. The van der Waals surface area contributed by atoms with Crippen LogP contribution in [0.15, 0.2) is 0 Å². The zero-order valence-corrected chi connectivity index (χ0v) is 9.78. The Kier molecular flexibility index (Phi) is 6.32. The van der Waals surface area contributed by atoms with Crippen LogP contribution >= 0.6 is 0 Å². The van der Waals surface area contributed by atoms with Crippen molar-refractivity contribution < 1.29 is 14.4 Å². The van der Waals surface area contributed by atoms with Crippen LogP contribution in [-0.2, 0) is 14.4 Å². The summed E-state index contributed by atoms with van der Waals surface area (Å²) in [6.07, 6.45) is 2.69. The molecule has 1 heterocycles. The molecule has 0 amide bonds. The number of nitrogens with zero attached hydrogens (tertiary/aromatic N) is 1. The monoisotopic (exact) mass is 231 g/mol. The standard InChI is InChI=1S/C10H21N3O3/c1-13(5-4-10(14)16-12-11)7-9-3-2-6-15-8-9/h9,12H,2-8,11H2,1H3. The maximum Gasteiger partial charge on any atom is 0.327 e. The summed E-state index contributed by atoms with van der Waals surface area (Å²) in [4.78, 5) is 17.6. The molecule has 0 spiro atoms. The topological polar surface area (TPSA) is 76.8 Å². The first-order valence-corrected chi connectivity index (χ1v) is 5.64. The summed E-state index contributed by atoms with van der Waals surface area (Å²) in [5, 5.41) is 0. The van der Waals surface area contributed by atoms with Gasteiger partial charge in [0, 0.05) is 19.7 Å². The summed E-state index contributed by atoms with van der Waals surface area (Å²) in [6.45, 7) is 3.36. The van der Waals surface area contributed by atoms with Crippen LogP contribution in [0, 0.1) is 5.92 Å². The van der Waals surface area contributed by atoms with Gasteiger partial charge in [0.2, 0.25) is 0 Å². The van der Waals surface area contributed by atoms with Crippen LogP contribution in [0.25, 0.3) is 0 Å². The highest BCUT2D eigenvalue weighted by atomic mass is 16.7. The van der Waals surface area contributed by atoms with Crippen LogP contribution < -0.4 is 11.4 Å². The molecule has 3 N–H and O–H groups in total. The van der Waals surface area contributed by atoms with E-state index in [0.29, 0.717) is 18.9 Å². The van der Waals surface area contributed by atoms with Gasteiger partial charge in [-0.3, -0.25) is 4.79 Å². The Hall–Kier alpha value is -0.690. The zero-order chi connectivity index (χ0) is 11.8. The van der Waals surface area contributed by atoms with Gasteiger partial charge in [0.15, 0.2) is 0 Å². The van der Waals surface area contributed by atoms with Crippen molar-refractivity contribution in [2.75, 3.05) is 33.4 Å². The van der Waals surface area contributed by atoms with Gasteiger partial charge in [-0.05, 0) is 25.8 Å². The average molecular weight is 231 g/mol. The maximum absolute atomic E-state index is 11.0. The Bertz CT molecular complexity index is 207. The fourth-order valence-electron chi connectivity index (χ4n) is 1.88. The molecule has 0 aromatic heterocycles. The zero-order valence-electron chi connectivity index (χ0n) is 9.78. The molecule has 1 aliphatic heterocycles. The van der Waals surface area contributed by atoms with Gasteiger partial charge in [0.25, 0.3) is 0 Å². The van der Waals surface area contributed by atoms with Crippen molar-refractivity contribution >= 4 is 5.97 Å². The van der Waals surface area contributed by atoms with Crippen LogP contribution in [0.4, 0.5) is 0 Å². The van der Waals surface area contributed by atoms with Crippen LogP contribution in [-0.4, -0.2) is 44.2 Å². The number of rotatable bonds is 6. The molecule has 1 fully saturated rings. The molecular weight excluding hydrogens is 210 g/mol. The van der Waals surface area contributed by atoms with Crippen molar-refractivity contribution in [2.45, 2.75) is 19.3 Å². The van der Waals surface area contributed by atoms with E-state index in [9.17, 15) is 4.79 Å². The largest absolute Gasteiger partial charge is 0.381 e. The lowest BCUT2D eigenvalue weighted by Crippen LogP contribution is -2.33. The van der Waals surface area contributed by atoms with E-state index in [1.807, 2.05) is 12.6 Å². The van der Waals surface area contributed by atoms with Gasteiger partial charge in [-0.2, -0.15) is 0 Å². The van der Waals surface area contributed by atoms with E-state index < -0.39 is 0 Å². The van der Waals surface area contributed by atoms with E-state index in [4.69, 9.17) is 10.6 Å². The van der Waals surface area contributed by atoms with Gasteiger partial charge in [0.1, 0.15) is 0 Å². The van der Waals surface area contributed by atoms with Crippen LogP contribution in [0.3, 0.4) is 0 Å². The van der Waals surface area contributed by atoms with Gasteiger partial charge in [0.05, 0.1) is 13.0 Å². The van der Waals surface area contributed by atoms with Crippen molar-refractivity contribution in [3.63, 3.8) is 0 Å². The molecule has 0 aromatic carbocycles. The van der Waals surface area contributed by atoms with Gasteiger partial charge < -0.3 is 14.5 Å². The highest BCUT2D eigenvalue weighted by Gasteiger charge is 2.16. The molecule has 1 saturated heterocycles. The molecule has 6 nitrogen and oxygen atoms in total. The molecule has 1 rings (SSSR count). The van der Waals surface area contributed by atoms with E-state index in [2.05, 4.69) is 9.74 Å². The number of carbonyl (C=O) groups excluding carboxylic acids is 1. The summed E-state index contributed by atoms with van der Waals surface area (Å²) >= 11 is 0. The lowest BCUT2D eigenvalue weighted by Gasteiger charge is -2.26. The van der Waals surface area contributed by atoms with Gasteiger partial charge >= 0.3 is 5.97 Å². The van der Waals surface area contributed by atoms with E-state index in [0.717, 1.165) is 26.2 Å². The molecule has 1 aliphatic rings. The highest BCUT2D eigenvalue weighted by molar-refractivity contribution is 5.69. The summed E-state index contributed by atoms with van der Waals surface area (Å²) in [5.41, 5.74) is 1.88. The van der Waals surface area contributed by atoms with Gasteiger partial charge in [-0.1, -0.05) is 5.59 Å². The molecule has 1 atom stereocenters. The Morgan fingerprint density at radius 2 is 2.50 bits per heavy atom. The third kappa shape index (κ3) is 5.41. The minimum absolute atomic E-state index is 0.339. The molecule has 0 aliphatic carbocycles.